The van der Waals surface area contributed by atoms with Crippen molar-refractivity contribution in [1.82, 2.24) is 0 Å². The summed E-state index contributed by atoms with van der Waals surface area (Å²) < 4.78 is 28.4. The third kappa shape index (κ3) is 7.79. The van der Waals surface area contributed by atoms with Gasteiger partial charge >= 0.3 is 30.1 Å². The molecule has 2 N–H and O–H groups in total. The molecule has 12 nitrogen and oxygen atoms in total. The molecule has 1 aliphatic rings. The number of nitrogens with two attached hydrogens (primary N) is 1. The predicted molar refractivity (Wildman–Crippen MR) is 102 cm³/mol. The highest BCUT2D eigenvalue weighted by Gasteiger charge is 2.56. The van der Waals surface area contributed by atoms with Crippen LogP contribution in [0.15, 0.2) is 24.5 Å². The zero-order valence-electron chi connectivity index (χ0n) is 18.4. The lowest BCUT2D eigenvalue weighted by Gasteiger charge is -2.41. The standard InChI is InChI=1S/C20H24N2O10.BrH/c1-10(23)28-9-15-16(29-11(2)24)17(30-12(3)25)18(31-13(4)26)20(32-15)22-7-5-6-14(8-22)19(21)27;/h5-8,15-18,20H,9H2,1-4H3,(H-,21,27);1H/t15-,16-,17+,18-,20-;/m1./s1. The van der Waals surface area contributed by atoms with Crippen LogP contribution in [0.1, 0.15) is 44.3 Å². The molecule has 1 aliphatic heterocycles. The number of rotatable bonds is 7. The average molecular weight is 533 g/mol. The molecule has 0 aliphatic carbocycles. The molecule has 0 unspecified atom stereocenters. The van der Waals surface area contributed by atoms with E-state index < -0.39 is 60.4 Å². The van der Waals surface area contributed by atoms with E-state index in [-0.39, 0.29) is 29.2 Å². The Morgan fingerprint density at radius 2 is 1.45 bits per heavy atom. The summed E-state index contributed by atoms with van der Waals surface area (Å²) in [5, 5.41) is 0. The summed E-state index contributed by atoms with van der Waals surface area (Å²) in [6.07, 6.45) is -3.27. The van der Waals surface area contributed by atoms with Crippen LogP contribution in [0, 0.1) is 0 Å². The van der Waals surface area contributed by atoms with Gasteiger partial charge in [0.1, 0.15) is 18.3 Å². The number of halogens is 1. The van der Waals surface area contributed by atoms with Crippen molar-refractivity contribution in [3.8, 4) is 0 Å². The predicted octanol–water partition coefficient (Wildman–Crippen LogP) is -3.67. The molecule has 33 heavy (non-hydrogen) atoms. The molecule has 0 spiro atoms. The summed E-state index contributed by atoms with van der Waals surface area (Å²) in [5.74, 6) is -3.54. The van der Waals surface area contributed by atoms with E-state index in [2.05, 4.69) is 0 Å². The summed E-state index contributed by atoms with van der Waals surface area (Å²) in [5.41, 5.74) is 5.47. The second-order valence-corrected chi connectivity index (χ2v) is 6.99. The topological polar surface area (TPSA) is 161 Å². The van der Waals surface area contributed by atoms with Gasteiger partial charge in [-0.15, -0.1) is 0 Å². The van der Waals surface area contributed by atoms with Crippen molar-refractivity contribution in [1.29, 1.82) is 0 Å². The van der Waals surface area contributed by atoms with Crippen LogP contribution in [0.2, 0.25) is 0 Å². The number of carbonyl (C=O) groups is 5. The van der Waals surface area contributed by atoms with Crippen molar-refractivity contribution in [3.05, 3.63) is 30.1 Å². The van der Waals surface area contributed by atoms with E-state index in [0.29, 0.717) is 0 Å². The molecule has 5 atom stereocenters. The average Bonchev–Trinajstić information content (AvgIpc) is 2.68. The molecule has 13 heteroatoms. The van der Waals surface area contributed by atoms with Crippen molar-refractivity contribution in [2.24, 2.45) is 5.73 Å². The summed E-state index contributed by atoms with van der Waals surface area (Å²) in [6, 6.07) is 2.97. The fourth-order valence-electron chi connectivity index (χ4n) is 3.24. The number of hydrogen-bond acceptors (Lipinski definition) is 10. The Hall–Kier alpha value is -3.06. The van der Waals surface area contributed by atoms with Crippen molar-refractivity contribution in [2.45, 2.75) is 58.3 Å². The zero-order valence-corrected chi connectivity index (χ0v) is 20.0. The Morgan fingerprint density at radius 1 is 0.909 bits per heavy atom. The van der Waals surface area contributed by atoms with Gasteiger partial charge in [-0.2, -0.15) is 4.57 Å². The number of primary amides is 1. The minimum absolute atomic E-state index is 0. The summed E-state index contributed by atoms with van der Waals surface area (Å²) in [4.78, 5) is 58.4. The lowest BCUT2D eigenvalue weighted by molar-refractivity contribution is -0.777. The molecule has 1 aromatic heterocycles. The Labute approximate surface area is 200 Å². The number of carbonyl (C=O) groups excluding carboxylic acids is 5. The molecule has 0 radical (unpaired) electrons. The van der Waals surface area contributed by atoms with Gasteiger partial charge in [0.05, 0.1) is 0 Å². The number of esters is 4. The first-order chi connectivity index (χ1) is 15.0. The van der Waals surface area contributed by atoms with Crippen LogP contribution in [0.25, 0.3) is 0 Å². The Balaban J connectivity index is 0.00000544. The number of aromatic nitrogens is 1. The van der Waals surface area contributed by atoms with Gasteiger partial charge in [0, 0.05) is 33.8 Å². The van der Waals surface area contributed by atoms with E-state index in [1.54, 1.807) is 0 Å². The van der Waals surface area contributed by atoms with Gasteiger partial charge in [0.25, 0.3) is 5.91 Å². The van der Waals surface area contributed by atoms with Crippen LogP contribution in [-0.2, 0) is 42.9 Å². The zero-order chi connectivity index (χ0) is 24.0. The van der Waals surface area contributed by atoms with Gasteiger partial charge in [-0.1, -0.05) is 0 Å². The summed E-state index contributed by atoms with van der Waals surface area (Å²) in [6.45, 7) is 4.22. The van der Waals surface area contributed by atoms with Gasteiger partial charge < -0.3 is 46.4 Å². The highest BCUT2D eigenvalue weighted by molar-refractivity contribution is 5.92. The molecule has 1 amide bonds. The van der Waals surface area contributed by atoms with Crippen molar-refractivity contribution in [2.75, 3.05) is 6.61 Å². The van der Waals surface area contributed by atoms with Crippen LogP contribution >= 0.6 is 0 Å². The maximum Gasteiger partial charge on any atom is 0.304 e. The molecular formula is C20H25BrN2O10. The molecule has 0 saturated carbocycles. The smallest absolute Gasteiger partial charge is 0.304 e. The maximum atomic E-state index is 11.8. The number of hydrogen-bond donors (Lipinski definition) is 1. The van der Waals surface area contributed by atoms with Crippen LogP contribution in [0.5, 0.6) is 0 Å². The molecular weight excluding hydrogens is 508 g/mol. The number of pyridine rings is 1. The first-order valence-corrected chi connectivity index (χ1v) is 9.60. The van der Waals surface area contributed by atoms with E-state index in [1.807, 2.05) is 0 Å². The van der Waals surface area contributed by atoms with E-state index >= 15 is 0 Å². The Morgan fingerprint density at radius 3 is 1.97 bits per heavy atom. The first-order valence-electron chi connectivity index (χ1n) is 9.60. The van der Waals surface area contributed by atoms with E-state index in [4.69, 9.17) is 29.4 Å². The largest absolute Gasteiger partial charge is 1.00 e. The second-order valence-electron chi connectivity index (χ2n) is 6.99. The Bertz CT molecular complexity index is 909. The maximum absolute atomic E-state index is 11.8. The quantitative estimate of drug-likeness (QED) is 0.210. The fourth-order valence-corrected chi connectivity index (χ4v) is 3.24. The number of ether oxygens (including phenoxy) is 5. The van der Waals surface area contributed by atoms with Gasteiger partial charge in [-0.05, 0) is 6.07 Å². The molecule has 2 rings (SSSR count). The number of amides is 1. The molecule has 1 fully saturated rings. The lowest BCUT2D eigenvalue weighted by atomic mass is 9.97. The van der Waals surface area contributed by atoms with Crippen molar-refractivity contribution in [3.63, 3.8) is 0 Å². The van der Waals surface area contributed by atoms with Crippen molar-refractivity contribution >= 4 is 29.8 Å². The van der Waals surface area contributed by atoms with E-state index in [0.717, 1.165) is 20.8 Å². The lowest BCUT2D eigenvalue weighted by Crippen LogP contribution is -3.00. The minimum atomic E-state index is -1.32. The minimum Gasteiger partial charge on any atom is -1.00 e. The van der Waals surface area contributed by atoms with Gasteiger partial charge in [-0.3, -0.25) is 24.0 Å². The van der Waals surface area contributed by atoms with Crippen LogP contribution in [0.4, 0.5) is 0 Å². The van der Waals surface area contributed by atoms with E-state index in [1.165, 1.54) is 36.0 Å². The van der Waals surface area contributed by atoms with Crippen LogP contribution in [-0.4, -0.2) is 60.8 Å². The Kier molecular flexibility index (Phi) is 10.4. The molecule has 0 aromatic carbocycles. The SMILES string of the molecule is CC(=O)OC[C@H]1O[C@@H]([n+]2cccc(C(N)=O)c2)[C@H](OC(C)=O)[C@@H](OC(C)=O)[C@@H]1OC(C)=O.[Br-]. The molecule has 0 bridgehead atoms. The molecule has 1 saturated heterocycles. The van der Waals surface area contributed by atoms with Crippen LogP contribution < -0.4 is 27.3 Å². The summed E-state index contributed by atoms with van der Waals surface area (Å²) in [7, 11) is 0. The monoisotopic (exact) mass is 532 g/mol. The highest BCUT2D eigenvalue weighted by Crippen LogP contribution is 2.32. The normalized spacial score (nSPS) is 23.9. The van der Waals surface area contributed by atoms with Crippen LogP contribution in [0.3, 0.4) is 0 Å². The van der Waals surface area contributed by atoms with E-state index in [9.17, 15) is 24.0 Å². The third-order valence-electron chi connectivity index (χ3n) is 4.37. The first kappa shape index (κ1) is 28.0. The summed E-state index contributed by atoms with van der Waals surface area (Å²) >= 11 is 0. The second kappa shape index (κ2) is 12.3. The molecule has 1 aromatic rings. The fraction of sp³-hybridized carbons (Fsp3) is 0.500. The highest BCUT2D eigenvalue weighted by atomic mass is 79.9. The van der Waals surface area contributed by atoms with Gasteiger partial charge in [0.2, 0.25) is 6.10 Å². The molecule has 182 valence electrons. The van der Waals surface area contributed by atoms with Gasteiger partial charge in [-0.25, -0.2) is 0 Å². The number of nitrogens with zero attached hydrogens (tertiary/aromatic N) is 1. The van der Waals surface area contributed by atoms with Crippen molar-refractivity contribution < 1.29 is 69.2 Å². The third-order valence-corrected chi connectivity index (χ3v) is 4.37. The molecule has 2 heterocycles. The van der Waals surface area contributed by atoms with Gasteiger partial charge in [0.15, 0.2) is 24.6 Å².